The summed E-state index contributed by atoms with van der Waals surface area (Å²) >= 11 is 6.03. The SMILES string of the molecule is C[CH](C)[Ge]1([CH](C)C)[C](Br)=C[Se]/[C]1=C/Br. The van der Waals surface area contributed by atoms with Crippen LogP contribution < -0.4 is 0 Å². The Bertz CT molecular complexity index is 274. The van der Waals surface area contributed by atoms with Gasteiger partial charge in [-0.05, 0) is 0 Å². The molecule has 0 aromatic rings. The molecule has 0 saturated heterocycles. The minimum absolute atomic E-state index is 0.594. The first kappa shape index (κ1) is 13.6. The Kier molecular flexibility index (Phi) is 5.06. The molecule has 14 heavy (non-hydrogen) atoms. The van der Waals surface area contributed by atoms with E-state index in [1.54, 1.807) is 6.62 Å². The molecule has 0 saturated carbocycles. The van der Waals surface area contributed by atoms with Crippen molar-refractivity contribution in [3.63, 3.8) is 0 Å². The average Bonchev–Trinajstić information content (AvgIpc) is 2.42. The second-order valence-corrected chi connectivity index (χ2v) is 21.4. The monoisotopic (exact) mass is 448 g/mol. The molecule has 0 fully saturated rings. The predicted molar refractivity (Wildman–Crippen MR) is 75.7 cm³/mol. The molecule has 0 spiro atoms. The van der Waals surface area contributed by atoms with Gasteiger partial charge in [0.2, 0.25) is 0 Å². The molecule has 0 unspecified atom stereocenters. The molecule has 1 aliphatic heterocycles. The fraction of sp³-hybridized carbons (Fsp3) is 0.600. The van der Waals surface area contributed by atoms with E-state index < -0.39 is 13.3 Å². The van der Waals surface area contributed by atoms with Gasteiger partial charge in [-0.1, -0.05) is 0 Å². The first-order valence-electron chi connectivity index (χ1n) is 4.81. The van der Waals surface area contributed by atoms with Crippen LogP contribution in [-0.2, 0) is 0 Å². The summed E-state index contributed by atoms with van der Waals surface area (Å²) in [5.41, 5.74) is 0. The summed E-state index contributed by atoms with van der Waals surface area (Å²) < 4.78 is 4.98. The fourth-order valence-corrected chi connectivity index (χ4v) is 34.4. The zero-order valence-electron chi connectivity index (χ0n) is 8.97. The van der Waals surface area contributed by atoms with E-state index in [2.05, 4.69) is 69.5 Å². The maximum absolute atomic E-state index is 3.84. The number of rotatable bonds is 2. The number of hydrogen-bond acceptors (Lipinski definition) is 0. The van der Waals surface area contributed by atoms with Crippen LogP contribution in [0.4, 0.5) is 0 Å². The zero-order valence-corrected chi connectivity index (χ0v) is 16.0. The van der Waals surface area contributed by atoms with Crippen molar-refractivity contribution >= 4 is 60.1 Å². The summed E-state index contributed by atoms with van der Waals surface area (Å²) in [6.45, 7) is 9.58. The zero-order chi connectivity index (χ0) is 10.9. The Morgan fingerprint density at radius 1 is 1.29 bits per heavy atom. The third-order valence-corrected chi connectivity index (χ3v) is 28.4. The molecule has 0 atom stereocenters. The molecular formula is C10H16Br2GeSe. The molecule has 0 aliphatic carbocycles. The molecule has 0 radical (unpaired) electrons. The van der Waals surface area contributed by atoms with Crippen LogP contribution in [0.3, 0.4) is 0 Å². The Morgan fingerprint density at radius 3 is 2.07 bits per heavy atom. The normalized spacial score (nSPS) is 23.7. The van der Waals surface area contributed by atoms with Crippen molar-refractivity contribution in [2.24, 2.45) is 0 Å². The molecule has 1 rings (SSSR count). The minimum atomic E-state index is -1.97. The van der Waals surface area contributed by atoms with Gasteiger partial charge >= 0.3 is 114 Å². The van der Waals surface area contributed by atoms with E-state index in [0.717, 1.165) is 9.50 Å². The summed E-state index contributed by atoms with van der Waals surface area (Å²) in [4.78, 5) is 4.66. The van der Waals surface area contributed by atoms with Crippen molar-refractivity contribution in [1.29, 1.82) is 0 Å². The van der Waals surface area contributed by atoms with Gasteiger partial charge in [-0.3, -0.25) is 0 Å². The number of hydrogen-bond donors (Lipinski definition) is 0. The van der Waals surface area contributed by atoms with Crippen LogP contribution in [0.2, 0.25) is 9.50 Å². The van der Waals surface area contributed by atoms with Crippen molar-refractivity contribution in [2.45, 2.75) is 37.2 Å². The van der Waals surface area contributed by atoms with E-state index >= 15 is 0 Å². The van der Waals surface area contributed by atoms with Gasteiger partial charge in [-0.15, -0.1) is 0 Å². The van der Waals surface area contributed by atoms with E-state index in [1.807, 2.05) is 0 Å². The van der Waals surface area contributed by atoms with Gasteiger partial charge in [0.25, 0.3) is 0 Å². The second kappa shape index (κ2) is 5.22. The van der Waals surface area contributed by atoms with Crippen molar-refractivity contribution in [2.75, 3.05) is 0 Å². The third kappa shape index (κ3) is 2.00. The topological polar surface area (TPSA) is 0 Å². The predicted octanol–water partition coefficient (Wildman–Crippen LogP) is 4.52. The first-order chi connectivity index (χ1) is 6.47. The second-order valence-electron chi connectivity index (χ2n) is 4.24. The van der Waals surface area contributed by atoms with E-state index in [9.17, 15) is 0 Å². The summed E-state index contributed by atoms with van der Waals surface area (Å²) in [5, 5.41) is 0. The van der Waals surface area contributed by atoms with Gasteiger partial charge in [0.15, 0.2) is 0 Å². The fourth-order valence-electron chi connectivity index (χ4n) is 2.33. The average molecular weight is 448 g/mol. The van der Waals surface area contributed by atoms with Gasteiger partial charge in [0.1, 0.15) is 0 Å². The Balaban J connectivity index is 3.25. The molecule has 1 heterocycles. The molecule has 80 valence electrons. The van der Waals surface area contributed by atoms with E-state index in [4.69, 9.17) is 0 Å². The first-order valence-corrected chi connectivity index (χ1v) is 12.9. The molecule has 4 heteroatoms. The molecular weight excluding hydrogens is 431 g/mol. The standard InChI is InChI=1S/C10H16Br2GeSe/c1-7(2)13(8(3)4)9(12)6-14-10(13)5-11/h5-8H,1-4H3/b10-5+. The number of halogens is 2. The van der Waals surface area contributed by atoms with E-state index in [0.29, 0.717) is 15.0 Å². The Labute approximate surface area is 113 Å². The third-order valence-electron chi connectivity index (χ3n) is 3.01. The van der Waals surface area contributed by atoms with Gasteiger partial charge in [-0.25, -0.2) is 0 Å². The summed E-state index contributed by atoms with van der Waals surface area (Å²) in [5.74, 6) is 0. The van der Waals surface area contributed by atoms with Gasteiger partial charge in [0, 0.05) is 0 Å². The molecule has 0 N–H and O–H groups in total. The van der Waals surface area contributed by atoms with Crippen LogP contribution in [-0.4, -0.2) is 28.2 Å². The summed E-state index contributed by atoms with van der Waals surface area (Å²) in [6.07, 6.45) is 0. The Morgan fingerprint density at radius 2 is 1.79 bits per heavy atom. The summed E-state index contributed by atoms with van der Waals surface area (Å²) in [7, 11) is 0. The van der Waals surface area contributed by atoms with Crippen LogP contribution in [0.5, 0.6) is 0 Å². The van der Waals surface area contributed by atoms with Crippen LogP contribution in [0, 0.1) is 0 Å². The molecule has 0 nitrogen and oxygen atoms in total. The molecule has 0 bridgehead atoms. The summed E-state index contributed by atoms with van der Waals surface area (Å²) in [6, 6.07) is 0. The van der Waals surface area contributed by atoms with Gasteiger partial charge in [-0.2, -0.15) is 0 Å². The van der Waals surface area contributed by atoms with Crippen molar-refractivity contribution in [3.05, 3.63) is 16.6 Å². The maximum atomic E-state index is 3.84. The molecule has 0 aromatic carbocycles. The van der Waals surface area contributed by atoms with Crippen LogP contribution in [0.15, 0.2) is 16.6 Å². The van der Waals surface area contributed by atoms with Gasteiger partial charge < -0.3 is 0 Å². The van der Waals surface area contributed by atoms with Crippen molar-refractivity contribution < 1.29 is 0 Å². The van der Waals surface area contributed by atoms with Crippen LogP contribution in [0.25, 0.3) is 0 Å². The van der Waals surface area contributed by atoms with Crippen molar-refractivity contribution in [3.8, 4) is 0 Å². The van der Waals surface area contributed by atoms with E-state index in [-0.39, 0.29) is 0 Å². The Hall–Kier alpha value is 1.50. The van der Waals surface area contributed by atoms with Gasteiger partial charge in [0.05, 0.1) is 0 Å². The van der Waals surface area contributed by atoms with Crippen LogP contribution >= 0.6 is 31.9 Å². The quantitative estimate of drug-likeness (QED) is 0.546. The van der Waals surface area contributed by atoms with Crippen LogP contribution in [0.1, 0.15) is 27.7 Å². The molecule has 0 aromatic heterocycles. The van der Waals surface area contributed by atoms with Crippen molar-refractivity contribution in [1.82, 2.24) is 0 Å². The molecule has 0 amide bonds. The molecule has 1 aliphatic rings. The van der Waals surface area contributed by atoms with E-state index in [1.165, 1.54) is 0 Å².